The summed E-state index contributed by atoms with van der Waals surface area (Å²) in [6, 6.07) is 0.645. The zero-order valence-electron chi connectivity index (χ0n) is 10.7. The molecule has 1 unspecified atom stereocenters. The van der Waals surface area contributed by atoms with E-state index in [4.69, 9.17) is 0 Å². The van der Waals surface area contributed by atoms with Crippen molar-refractivity contribution in [3.63, 3.8) is 0 Å². The summed E-state index contributed by atoms with van der Waals surface area (Å²) < 4.78 is 2.05. The van der Waals surface area contributed by atoms with Gasteiger partial charge in [-0.3, -0.25) is 0 Å². The molecule has 0 amide bonds. The molecule has 1 atom stereocenters. The van der Waals surface area contributed by atoms with Gasteiger partial charge in [-0.15, -0.1) is 10.2 Å². The lowest BCUT2D eigenvalue weighted by Gasteiger charge is -2.17. The third-order valence-corrected chi connectivity index (χ3v) is 3.70. The highest BCUT2D eigenvalue weighted by atomic mass is 15.3. The molecular formula is C12H22N4. The molecule has 0 aliphatic heterocycles. The lowest BCUT2D eigenvalue weighted by atomic mass is 9.92. The third kappa shape index (κ3) is 2.43. The predicted molar refractivity (Wildman–Crippen MR) is 64.0 cm³/mol. The van der Waals surface area contributed by atoms with Crippen LogP contribution in [-0.4, -0.2) is 20.8 Å². The Morgan fingerprint density at radius 1 is 1.44 bits per heavy atom. The van der Waals surface area contributed by atoms with Crippen LogP contribution in [0.15, 0.2) is 0 Å². The monoisotopic (exact) mass is 222 g/mol. The Balaban J connectivity index is 1.87. The first kappa shape index (κ1) is 11.6. The molecule has 2 rings (SSSR count). The molecule has 0 bridgehead atoms. The Hall–Kier alpha value is -0.900. The summed E-state index contributed by atoms with van der Waals surface area (Å²) in [5.41, 5.74) is 0.507. The molecule has 1 aromatic heterocycles. The molecule has 0 saturated heterocycles. The molecule has 1 fully saturated rings. The molecule has 4 nitrogen and oxygen atoms in total. The average molecular weight is 222 g/mol. The molecule has 4 heteroatoms. The minimum Gasteiger partial charge on any atom is -0.317 e. The van der Waals surface area contributed by atoms with Crippen LogP contribution >= 0.6 is 0 Å². The van der Waals surface area contributed by atoms with E-state index in [0.717, 1.165) is 18.2 Å². The Morgan fingerprint density at radius 3 is 2.69 bits per heavy atom. The van der Waals surface area contributed by atoms with Crippen LogP contribution in [0.1, 0.15) is 44.8 Å². The predicted octanol–water partition coefficient (Wildman–Crippen LogP) is 1.79. The standard InChI is InChI=1S/C12H22N4/c1-9-14-15-11(16(9)4)8-13-10-5-6-12(2,3)7-10/h10,13H,5-8H2,1-4H3. The van der Waals surface area contributed by atoms with Gasteiger partial charge < -0.3 is 9.88 Å². The zero-order valence-corrected chi connectivity index (χ0v) is 10.7. The Bertz CT molecular complexity index is 367. The van der Waals surface area contributed by atoms with Crippen molar-refractivity contribution in [2.75, 3.05) is 0 Å². The molecule has 1 aromatic rings. The lowest BCUT2D eigenvalue weighted by Crippen LogP contribution is -2.28. The molecule has 90 valence electrons. The third-order valence-electron chi connectivity index (χ3n) is 3.70. The molecule has 0 spiro atoms. The maximum atomic E-state index is 4.16. The van der Waals surface area contributed by atoms with Gasteiger partial charge in [0, 0.05) is 13.1 Å². The maximum absolute atomic E-state index is 4.16. The molecular weight excluding hydrogens is 200 g/mol. The van der Waals surface area contributed by atoms with Gasteiger partial charge in [-0.1, -0.05) is 13.8 Å². The van der Waals surface area contributed by atoms with E-state index < -0.39 is 0 Å². The first-order valence-electron chi connectivity index (χ1n) is 6.06. The van der Waals surface area contributed by atoms with Gasteiger partial charge in [-0.25, -0.2) is 0 Å². The first-order valence-corrected chi connectivity index (χ1v) is 6.06. The number of aryl methyl sites for hydroxylation is 1. The lowest BCUT2D eigenvalue weighted by molar-refractivity contribution is 0.363. The number of nitrogens with zero attached hydrogens (tertiary/aromatic N) is 3. The zero-order chi connectivity index (χ0) is 11.8. The van der Waals surface area contributed by atoms with Gasteiger partial charge >= 0.3 is 0 Å². The van der Waals surface area contributed by atoms with E-state index in [0.29, 0.717) is 11.5 Å². The van der Waals surface area contributed by atoms with Crippen LogP contribution in [0, 0.1) is 12.3 Å². The highest BCUT2D eigenvalue weighted by Gasteiger charge is 2.30. The van der Waals surface area contributed by atoms with Crippen molar-refractivity contribution in [3.8, 4) is 0 Å². The van der Waals surface area contributed by atoms with Gasteiger partial charge in [-0.05, 0) is 31.6 Å². The summed E-state index contributed by atoms with van der Waals surface area (Å²) in [6.45, 7) is 7.51. The van der Waals surface area contributed by atoms with Crippen LogP contribution in [0.4, 0.5) is 0 Å². The fourth-order valence-electron chi connectivity index (χ4n) is 2.45. The maximum Gasteiger partial charge on any atom is 0.146 e. The average Bonchev–Trinajstić information content (AvgIpc) is 2.70. The van der Waals surface area contributed by atoms with Gasteiger partial charge in [0.1, 0.15) is 11.6 Å². The fraction of sp³-hybridized carbons (Fsp3) is 0.833. The largest absolute Gasteiger partial charge is 0.317 e. The van der Waals surface area contributed by atoms with E-state index >= 15 is 0 Å². The van der Waals surface area contributed by atoms with Gasteiger partial charge in [0.15, 0.2) is 0 Å². The van der Waals surface area contributed by atoms with Crippen molar-refractivity contribution in [3.05, 3.63) is 11.6 Å². The molecule has 0 radical (unpaired) electrons. The van der Waals surface area contributed by atoms with E-state index in [1.807, 2.05) is 18.5 Å². The van der Waals surface area contributed by atoms with E-state index in [1.54, 1.807) is 0 Å². The molecule has 1 heterocycles. The highest BCUT2D eigenvalue weighted by molar-refractivity contribution is 4.94. The van der Waals surface area contributed by atoms with Gasteiger partial charge in [0.2, 0.25) is 0 Å². The number of hydrogen-bond donors (Lipinski definition) is 1. The van der Waals surface area contributed by atoms with E-state index in [2.05, 4.69) is 29.4 Å². The fourth-order valence-corrected chi connectivity index (χ4v) is 2.45. The van der Waals surface area contributed by atoms with Crippen LogP contribution in [0.5, 0.6) is 0 Å². The molecule has 1 N–H and O–H groups in total. The summed E-state index contributed by atoms with van der Waals surface area (Å²) in [5, 5.41) is 11.8. The molecule has 0 aromatic carbocycles. The number of aromatic nitrogens is 3. The summed E-state index contributed by atoms with van der Waals surface area (Å²) >= 11 is 0. The van der Waals surface area contributed by atoms with Gasteiger partial charge in [0.25, 0.3) is 0 Å². The Labute approximate surface area is 97.5 Å². The first-order chi connectivity index (χ1) is 7.48. The van der Waals surface area contributed by atoms with Crippen molar-refractivity contribution in [1.82, 2.24) is 20.1 Å². The van der Waals surface area contributed by atoms with Crippen LogP contribution < -0.4 is 5.32 Å². The van der Waals surface area contributed by atoms with Crippen molar-refractivity contribution < 1.29 is 0 Å². The summed E-state index contributed by atoms with van der Waals surface area (Å²) in [7, 11) is 2.02. The van der Waals surface area contributed by atoms with Crippen LogP contribution in [0.2, 0.25) is 0 Å². The van der Waals surface area contributed by atoms with Crippen LogP contribution in [0.3, 0.4) is 0 Å². The quantitative estimate of drug-likeness (QED) is 0.848. The van der Waals surface area contributed by atoms with Gasteiger partial charge in [0.05, 0.1) is 6.54 Å². The Kier molecular flexibility index (Phi) is 3.02. The number of rotatable bonds is 3. The Morgan fingerprint density at radius 2 is 2.19 bits per heavy atom. The van der Waals surface area contributed by atoms with Crippen molar-refractivity contribution in [1.29, 1.82) is 0 Å². The SMILES string of the molecule is Cc1nnc(CNC2CCC(C)(C)C2)n1C. The highest BCUT2D eigenvalue weighted by Crippen LogP contribution is 2.36. The van der Waals surface area contributed by atoms with E-state index in [1.165, 1.54) is 19.3 Å². The topological polar surface area (TPSA) is 42.7 Å². The number of hydrogen-bond acceptors (Lipinski definition) is 3. The molecule has 1 aliphatic carbocycles. The second-order valence-electron chi connectivity index (χ2n) is 5.71. The van der Waals surface area contributed by atoms with E-state index in [-0.39, 0.29) is 0 Å². The van der Waals surface area contributed by atoms with Gasteiger partial charge in [-0.2, -0.15) is 0 Å². The van der Waals surface area contributed by atoms with E-state index in [9.17, 15) is 0 Å². The van der Waals surface area contributed by atoms with Crippen molar-refractivity contribution in [2.45, 2.75) is 52.6 Å². The minimum absolute atomic E-state index is 0.507. The second-order valence-corrected chi connectivity index (χ2v) is 5.71. The normalized spacial score (nSPS) is 23.9. The second kappa shape index (κ2) is 4.17. The van der Waals surface area contributed by atoms with Crippen molar-refractivity contribution in [2.24, 2.45) is 12.5 Å². The number of nitrogens with one attached hydrogen (secondary N) is 1. The van der Waals surface area contributed by atoms with Crippen LogP contribution in [0.25, 0.3) is 0 Å². The molecule has 1 saturated carbocycles. The van der Waals surface area contributed by atoms with Crippen LogP contribution in [-0.2, 0) is 13.6 Å². The summed E-state index contributed by atoms with van der Waals surface area (Å²) in [4.78, 5) is 0. The summed E-state index contributed by atoms with van der Waals surface area (Å²) in [5.74, 6) is 2.01. The molecule has 16 heavy (non-hydrogen) atoms. The summed E-state index contributed by atoms with van der Waals surface area (Å²) in [6.07, 6.45) is 3.87. The minimum atomic E-state index is 0.507. The van der Waals surface area contributed by atoms with Crippen molar-refractivity contribution >= 4 is 0 Å². The molecule has 1 aliphatic rings. The smallest absolute Gasteiger partial charge is 0.146 e.